The third-order valence-corrected chi connectivity index (χ3v) is 4.49. The van der Waals surface area contributed by atoms with Gasteiger partial charge in [-0.25, -0.2) is 0 Å². The minimum atomic E-state index is -0.632. The molecule has 0 fully saturated rings. The minimum Gasteiger partial charge on any atom is -0.486 e. The molecule has 1 aliphatic rings. The number of rotatable bonds is 4. The van der Waals surface area contributed by atoms with E-state index in [4.69, 9.17) is 14.0 Å². The first-order valence-corrected chi connectivity index (χ1v) is 8.78. The second kappa shape index (κ2) is 6.79. The summed E-state index contributed by atoms with van der Waals surface area (Å²) in [6, 6.07) is 16.9. The van der Waals surface area contributed by atoms with Crippen molar-refractivity contribution >= 4 is 5.91 Å². The van der Waals surface area contributed by atoms with Crippen LogP contribution in [0, 0.1) is 0 Å². The maximum Gasteiger partial charge on any atom is 0.290 e. The number of hydrogen-bond acceptors (Lipinski definition) is 5. The highest BCUT2D eigenvalue weighted by atomic mass is 16.6. The molecule has 1 aromatic heterocycles. The van der Waals surface area contributed by atoms with Crippen molar-refractivity contribution < 1.29 is 18.8 Å². The van der Waals surface area contributed by atoms with E-state index in [1.54, 1.807) is 6.07 Å². The molecule has 3 aromatic rings. The Bertz CT molecular complexity index is 963. The Balaban J connectivity index is 1.52. The topological polar surface area (TPSA) is 73.6 Å². The quantitative estimate of drug-likeness (QED) is 0.763. The van der Waals surface area contributed by atoms with Crippen molar-refractivity contribution in [3.63, 3.8) is 0 Å². The Kier molecular flexibility index (Phi) is 4.32. The van der Waals surface area contributed by atoms with Crippen LogP contribution in [0.3, 0.4) is 0 Å². The predicted molar refractivity (Wildman–Crippen MR) is 99.9 cm³/mol. The molecule has 0 unspecified atom stereocenters. The molecule has 1 aliphatic heterocycles. The SMILES string of the molecule is CC(C)(NC(=O)c1cc(-c2ccccc2)no1)c1ccc2c(c1)OCCO2. The van der Waals surface area contributed by atoms with Gasteiger partial charge in [0.2, 0.25) is 5.76 Å². The molecule has 6 heteroatoms. The normalized spacial score (nSPS) is 13.3. The highest BCUT2D eigenvalue weighted by Gasteiger charge is 2.27. The van der Waals surface area contributed by atoms with Crippen molar-refractivity contribution in [2.75, 3.05) is 13.2 Å². The van der Waals surface area contributed by atoms with Gasteiger partial charge in [0.1, 0.15) is 18.9 Å². The van der Waals surface area contributed by atoms with Crippen molar-refractivity contribution in [3.05, 3.63) is 65.9 Å². The van der Waals surface area contributed by atoms with E-state index in [-0.39, 0.29) is 11.7 Å². The lowest BCUT2D eigenvalue weighted by Crippen LogP contribution is -2.40. The summed E-state index contributed by atoms with van der Waals surface area (Å²) in [5.41, 5.74) is 1.79. The molecule has 0 saturated heterocycles. The van der Waals surface area contributed by atoms with E-state index in [1.165, 1.54) is 0 Å². The minimum absolute atomic E-state index is 0.166. The molecule has 0 aliphatic carbocycles. The summed E-state index contributed by atoms with van der Waals surface area (Å²) in [6.07, 6.45) is 0. The van der Waals surface area contributed by atoms with E-state index in [9.17, 15) is 4.79 Å². The van der Waals surface area contributed by atoms with E-state index >= 15 is 0 Å². The molecule has 27 heavy (non-hydrogen) atoms. The van der Waals surface area contributed by atoms with Gasteiger partial charge in [0.15, 0.2) is 11.5 Å². The first kappa shape index (κ1) is 17.1. The standard InChI is InChI=1S/C21H20N2O4/c1-21(2,15-8-9-17-18(12-15)26-11-10-25-17)22-20(24)19-13-16(23-27-19)14-6-4-3-5-7-14/h3-9,12-13H,10-11H2,1-2H3,(H,22,24). The molecule has 0 spiro atoms. The lowest BCUT2D eigenvalue weighted by atomic mass is 9.93. The molecule has 0 atom stereocenters. The molecule has 2 heterocycles. The summed E-state index contributed by atoms with van der Waals surface area (Å²) in [5.74, 6) is 1.24. The van der Waals surface area contributed by atoms with Crippen LogP contribution in [0.4, 0.5) is 0 Å². The summed E-state index contributed by atoms with van der Waals surface area (Å²) in [6.45, 7) is 4.90. The third-order valence-electron chi connectivity index (χ3n) is 4.49. The van der Waals surface area contributed by atoms with Crippen molar-refractivity contribution in [2.45, 2.75) is 19.4 Å². The Hall–Kier alpha value is -3.28. The summed E-state index contributed by atoms with van der Waals surface area (Å²) in [5, 5.41) is 6.99. The lowest BCUT2D eigenvalue weighted by molar-refractivity contribution is 0.0874. The van der Waals surface area contributed by atoms with Crippen LogP contribution < -0.4 is 14.8 Å². The van der Waals surface area contributed by atoms with Gasteiger partial charge >= 0.3 is 0 Å². The van der Waals surface area contributed by atoms with E-state index in [2.05, 4.69) is 10.5 Å². The second-order valence-corrected chi connectivity index (χ2v) is 6.88. The zero-order chi connectivity index (χ0) is 18.9. The summed E-state index contributed by atoms with van der Waals surface area (Å²) < 4.78 is 16.4. The Labute approximate surface area is 157 Å². The average molecular weight is 364 g/mol. The van der Waals surface area contributed by atoms with Crippen LogP contribution in [-0.4, -0.2) is 24.3 Å². The Morgan fingerprint density at radius 2 is 1.74 bits per heavy atom. The van der Waals surface area contributed by atoms with Crippen molar-refractivity contribution in [1.29, 1.82) is 0 Å². The molecule has 4 rings (SSSR count). The van der Waals surface area contributed by atoms with Gasteiger partial charge in [-0.05, 0) is 31.5 Å². The molecule has 1 N–H and O–H groups in total. The number of nitrogens with zero attached hydrogens (tertiary/aromatic N) is 1. The van der Waals surface area contributed by atoms with Gasteiger partial charge in [-0.3, -0.25) is 4.79 Å². The number of fused-ring (bicyclic) bond motifs is 1. The Morgan fingerprint density at radius 1 is 1.00 bits per heavy atom. The van der Waals surface area contributed by atoms with Crippen molar-refractivity contribution in [1.82, 2.24) is 10.5 Å². The molecular formula is C21H20N2O4. The number of amides is 1. The van der Waals surface area contributed by atoms with Crippen LogP contribution in [-0.2, 0) is 5.54 Å². The maximum absolute atomic E-state index is 12.7. The van der Waals surface area contributed by atoms with E-state index in [0.717, 1.165) is 16.9 Å². The highest BCUT2D eigenvalue weighted by Crippen LogP contribution is 2.34. The fraction of sp³-hybridized carbons (Fsp3) is 0.238. The zero-order valence-electron chi connectivity index (χ0n) is 15.2. The number of benzene rings is 2. The molecule has 2 aromatic carbocycles. The summed E-state index contributed by atoms with van der Waals surface area (Å²) >= 11 is 0. The van der Waals surface area contributed by atoms with Gasteiger partial charge in [-0.1, -0.05) is 41.6 Å². The Morgan fingerprint density at radius 3 is 2.52 bits per heavy atom. The molecule has 1 amide bonds. The van der Waals surface area contributed by atoms with Crippen molar-refractivity contribution in [2.24, 2.45) is 0 Å². The number of ether oxygens (including phenoxy) is 2. The lowest BCUT2D eigenvalue weighted by Gasteiger charge is -2.28. The first-order chi connectivity index (χ1) is 13.0. The van der Waals surface area contributed by atoms with E-state index < -0.39 is 5.54 Å². The van der Waals surface area contributed by atoms with Crippen molar-refractivity contribution in [3.8, 4) is 22.8 Å². The molecule has 0 radical (unpaired) electrons. The summed E-state index contributed by atoms with van der Waals surface area (Å²) in [4.78, 5) is 12.7. The molecule has 0 bridgehead atoms. The van der Waals surface area contributed by atoms with Gasteiger partial charge in [-0.15, -0.1) is 0 Å². The van der Waals surface area contributed by atoms with Crippen LogP contribution in [0.25, 0.3) is 11.3 Å². The predicted octanol–water partition coefficient (Wildman–Crippen LogP) is 3.78. The second-order valence-electron chi connectivity index (χ2n) is 6.88. The van der Waals surface area contributed by atoms with Gasteiger partial charge in [0.25, 0.3) is 5.91 Å². The van der Waals surface area contributed by atoms with Gasteiger partial charge < -0.3 is 19.3 Å². The number of aromatic nitrogens is 1. The van der Waals surface area contributed by atoms with Gasteiger partial charge in [0.05, 0.1) is 5.54 Å². The first-order valence-electron chi connectivity index (χ1n) is 8.78. The fourth-order valence-corrected chi connectivity index (χ4v) is 2.98. The van der Waals surface area contributed by atoms with E-state index in [0.29, 0.717) is 24.7 Å². The smallest absolute Gasteiger partial charge is 0.290 e. The number of carbonyl (C=O) groups is 1. The third kappa shape index (κ3) is 3.51. The average Bonchev–Trinajstić information content (AvgIpc) is 3.18. The zero-order valence-corrected chi connectivity index (χ0v) is 15.2. The monoisotopic (exact) mass is 364 g/mol. The molecule has 138 valence electrons. The summed E-state index contributed by atoms with van der Waals surface area (Å²) in [7, 11) is 0. The number of hydrogen-bond donors (Lipinski definition) is 1. The van der Waals surface area contributed by atoms with Crippen LogP contribution in [0.1, 0.15) is 30.0 Å². The number of carbonyl (C=O) groups excluding carboxylic acids is 1. The largest absolute Gasteiger partial charge is 0.486 e. The molecule has 0 saturated carbocycles. The molecular weight excluding hydrogens is 344 g/mol. The van der Waals surface area contributed by atoms with Crippen LogP contribution in [0.5, 0.6) is 11.5 Å². The van der Waals surface area contributed by atoms with Crippen LogP contribution >= 0.6 is 0 Å². The molecule has 6 nitrogen and oxygen atoms in total. The fourth-order valence-electron chi connectivity index (χ4n) is 2.98. The van der Waals surface area contributed by atoms with Gasteiger partial charge in [-0.2, -0.15) is 0 Å². The van der Waals surface area contributed by atoms with Crippen LogP contribution in [0.15, 0.2) is 59.1 Å². The highest BCUT2D eigenvalue weighted by molar-refractivity contribution is 5.93. The number of nitrogens with one attached hydrogen (secondary N) is 1. The van der Waals surface area contributed by atoms with E-state index in [1.807, 2.05) is 62.4 Å². The van der Waals surface area contributed by atoms with Gasteiger partial charge in [0, 0.05) is 11.6 Å². The maximum atomic E-state index is 12.7. The van der Waals surface area contributed by atoms with Crippen LogP contribution in [0.2, 0.25) is 0 Å².